The van der Waals surface area contributed by atoms with Crippen LogP contribution in [0, 0.1) is 5.82 Å². The third kappa shape index (κ3) is 3.14. The molecule has 0 spiro atoms. The average Bonchev–Trinajstić information content (AvgIpc) is 2.38. The van der Waals surface area contributed by atoms with Gasteiger partial charge in [-0.1, -0.05) is 18.2 Å². The molecule has 0 unspecified atom stereocenters. The molecule has 17 heavy (non-hydrogen) atoms. The monoisotopic (exact) mass is 247 g/mol. The standard InChI is InChI=1S/C14H11ClFN/c15-9-1-2-11-3-8-14(17-10-11)12-4-6-13(16)7-5-12/h1-8,10H,9H2/b2-1+. The molecule has 3 heteroatoms. The Hall–Kier alpha value is -1.67. The molecule has 0 aliphatic heterocycles. The summed E-state index contributed by atoms with van der Waals surface area (Å²) in [6.07, 6.45) is 5.53. The van der Waals surface area contributed by atoms with Crippen molar-refractivity contribution in [3.63, 3.8) is 0 Å². The van der Waals surface area contributed by atoms with Gasteiger partial charge in [-0.2, -0.15) is 0 Å². The number of pyridine rings is 1. The third-order valence-corrected chi connectivity index (χ3v) is 2.50. The summed E-state index contributed by atoms with van der Waals surface area (Å²) in [6, 6.07) is 10.1. The Labute approximate surface area is 105 Å². The molecule has 0 saturated carbocycles. The first-order chi connectivity index (χ1) is 8.29. The number of benzene rings is 1. The first-order valence-corrected chi connectivity index (χ1v) is 5.77. The summed E-state index contributed by atoms with van der Waals surface area (Å²) in [5.74, 6) is 0.245. The van der Waals surface area contributed by atoms with Crippen LogP contribution in [0.1, 0.15) is 5.56 Å². The molecule has 1 nitrogen and oxygen atoms in total. The second-order valence-electron chi connectivity index (χ2n) is 3.54. The molecule has 0 aliphatic carbocycles. The zero-order chi connectivity index (χ0) is 12.1. The molecule has 1 heterocycles. The van der Waals surface area contributed by atoms with E-state index in [4.69, 9.17) is 11.6 Å². The molecule has 0 bridgehead atoms. The lowest BCUT2D eigenvalue weighted by molar-refractivity contribution is 0.628. The lowest BCUT2D eigenvalue weighted by atomic mass is 10.1. The number of hydrogen-bond donors (Lipinski definition) is 0. The maximum atomic E-state index is 12.8. The van der Waals surface area contributed by atoms with Gasteiger partial charge in [-0.3, -0.25) is 4.98 Å². The Kier molecular flexibility index (Phi) is 3.89. The number of aromatic nitrogens is 1. The summed E-state index contributed by atoms with van der Waals surface area (Å²) >= 11 is 5.55. The van der Waals surface area contributed by atoms with E-state index in [2.05, 4.69) is 4.98 Å². The van der Waals surface area contributed by atoms with Gasteiger partial charge in [0.15, 0.2) is 0 Å². The Morgan fingerprint density at radius 2 is 1.88 bits per heavy atom. The molecule has 1 aromatic heterocycles. The van der Waals surface area contributed by atoms with Crippen molar-refractivity contribution in [1.29, 1.82) is 0 Å². The van der Waals surface area contributed by atoms with Crippen LogP contribution < -0.4 is 0 Å². The molecule has 0 atom stereocenters. The average molecular weight is 248 g/mol. The zero-order valence-corrected chi connectivity index (χ0v) is 9.86. The molecule has 2 aromatic rings. The van der Waals surface area contributed by atoms with E-state index in [0.29, 0.717) is 5.88 Å². The van der Waals surface area contributed by atoms with Crippen molar-refractivity contribution in [1.82, 2.24) is 4.98 Å². The minimum absolute atomic E-state index is 0.240. The minimum Gasteiger partial charge on any atom is -0.256 e. The second-order valence-corrected chi connectivity index (χ2v) is 3.85. The van der Waals surface area contributed by atoms with E-state index < -0.39 is 0 Å². The summed E-state index contributed by atoms with van der Waals surface area (Å²) < 4.78 is 12.8. The van der Waals surface area contributed by atoms with Crippen molar-refractivity contribution < 1.29 is 4.39 Å². The maximum absolute atomic E-state index is 12.8. The molecule has 0 saturated heterocycles. The van der Waals surface area contributed by atoms with Gasteiger partial charge in [-0.25, -0.2) is 4.39 Å². The lowest BCUT2D eigenvalue weighted by Crippen LogP contribution is -1.84. The third-order valence-electron chi connectivity index (χ3n) is 2.33. The van der Waals surface area contributed by atoms with Gasteiger partial charge in [0.1, 0.15) is 5.82 Å². The number of allylic oxidation sites excluding steroid dienone is 1. The number of hydrogen-bond acceptors (Lipinski definition) is 1. The van der Waals surface area contributed by atoms with E-state index in [1.807, 2.05) is 24.3 Å². The summed E-state index contributed by atoms with van der Waals surface area (Å²) in [5, 5.41) is 0. The summed E-state index contributed by atoms with van der Waals surface area (Å²) in [5.41, 5.74) is 2.73. The van der Waals surface area contributed by atoms with Crippen LogP contribution in [0.5, 0.6) is 0 Å². The predicted octanol–water partition coefficient (Wildman–Crippen LogP) is 4.14. The molecule has 0 radical (unpaired) electrons. The van der Waals surface area contributed by atoms with Crippen molar-refractivity contribution in [3.05, 3.63) is 60.1 Å². The van der Waals surface area contributed by atoms with Gasteiger partial charge in [0, 0.05) is 17.6 Å². The summed E-state index contributed by atoms with van der Waals surface area (Å²) in [7, 11) is 0. The normalized spacial score (nSPS) is 10.9. The van der Waals surface area contributed by atoms with Crippen molar-refractivity contribution in [2.45, 2.75) is 0 Å². The van der Waals surface area contributed by atoms with Crippen molar-refractivity contribution in [2.24, 2.45) is 0 Å². The van der Waals surface area contributed by atoms with Gasteiger partial charge in [-0.05, 0) is 35.9 Å². The van der Waals surface area contributed by atoms with E-state index in [0.717, 1.165) is 16.8 Å². The van der Waals surface area contributed by atoms with Crippen LogP contribution in [-0.4, -0.2) is 10.9 Å². The Bertz CT molecular complexity index is 503. The molecule has 86 valence electrons. The van der Waals surface area contributed by atoms with Crippen LogP contribution in [-0.2, 0) is 0 Å². The van der Waals surface area contributed by atoms with Crippen molar-refractivity contribution in [3.8, 4) is 11.3 Å². The minimum atomic E-state index is -0.240. The summed E-state index contributed by atoms with van der Waals surface area (Å²) in [4.78, 5) is 4.31. The topological polar surface area (TPSA) is 12.9 Å². The van der Waals surface area contributed by atoms with Gasteiger partial charge in [0.2, 0.25) is 0 Å². The zero-order valence-electron chi connectivity index (χ0n) is 9.11. The highest BCUT2D eigenvalue weighted by atomic mass is 35.5. The molecule has 2 rings (SSSR count). The first kappa shape index (κ1) is 11.8. The van der Waals surface area contributed by atoms with Gasteiger partial charge in [0.05, 0.1) is 5.69 Å². The fourth-order valence-electron chi connectivity index (χ4n) is 1.48. The first-order valence-electron chi connectivity index (χ1n) is 5.24. The SMILES string of the molecule is Fc1ccc(-c2ccc(/C=C/CCl)cn2)cc1. The van der Waals surface area contributed by atoms with Crippen LogP contribution in [0.25, 0.3) is 17.3 Å². The Morgan fingerprint density at radius 1 is 1.12 bits per heavy atom. The Balaban J connectivity index is 2.23. The van der Waals surface area contributed by atoms with Crippen LogP contribution in [0.15, 0.2) is 48.7 Å². The van der Waals surface area contributed by atoms with E-state index >= 15 is 0 Å². The Morgan fingerprint density at radius 3 is 2.47 bits per heavy atom. The predicted molar refractivity (Wildman–Crippen MR) is 69.4 cm³/mol. The quantitative estimate of drug-likeness (QED) is 0.743. The molecule has 0 fully saturated rings. The van der Waals surface area contributed by atoms with Crippen LogP contribution in [0.2, 0.25) is 0 Å². The van der Waals surface area contributed by atoms with Crippen LogP contribution in [0.4, 0.5) is 4.39 Å². The maximum Gasteiger partial charge on any atom is 0.123 e. The fraction of sp³-hybridized carbons (Fsp3) is 0.0714. The van der Waals surface area contributed by atoms with Gasteiger partial charge in [0.25, 0.3) is 0 Å². The van der Waals surface area contributed by atoms with Gasteiger partial charge in [-0.15, -0.1) is 11.6 Å². The number of rotatable bonds is 3. The van der Waals surface area contributed by atoms with Crippen LogP contribution in [0.3, 0.4) is 0 Å². The fourth-order valence-corrected chi connectivity index (χ4v) is 1.57. The lowest BCUT2D eigenvalue weighted by Gasteiger charge is -2.01. The number of nitrogens with zero attached hydrogens (tertiary/aromatic N) is 1. The van der Waals surface area contributed by atoms with E-state index in [-0.39, 0.29) is 5.82 Å². The highest BCUT2D eigenvalue weighted by Gasteiger charge is 1.98. The van der Waals surface area contributed by atoms with Crippen molar-refractivity contribution >= 4 is 17.7 Å². The molecule has 0 amide bonds. The van der Waals surface area contributed by atoms with Gasteiger partial charge < -0.3 is 0 Å². The van der Waals surface area contributed by atoms with E-state index in [1.54, 1.807) is 18.3 Å². The molecule has 1 aromatic carbocycles. The van der Waals surface area contributed by atoms with E-state index in [9.17, 15) is 4.39 Å². The molecule has 0 N–H and O–H groups in total. The summed E-state index contributed by atoms with van der Waals surface area (Å²) in [6.45, 7) is 0. The van der Waals surface area contributed by atoms with Gasteiger partial charge >= 0.3 is 0 Å². The molecule has 0 aliphatic rings. The molecular weight excluding hydrogens is 237 g/mol. The van der Waals surface area contributed by atoms with Crippen LogP contribution >= 0.6 is 11.6 Å². The smallest absolute Gasteiger partial charge is 0.123 e. The second kappa shape index (κ2) is 5.60. The highest BCUT2D eigenvalue weighted by molar-refractivity contribution is 6.19. The molecular formula is C14H11ClFN. The number of alkyl halides is 1. The largest absolute Gasteiger partial charge is 0.256 e. The number of halogens is 2. The van der Waals surface area contributed by atoms with E-state index in [1.165, 1.54) is 12.1 Å². The van der Waals surface area contributed by atoms with Crippen molar-refractivity contribution in [2.75, 3.05) is 5.88 Å². The highest BCUT2D eigenvalue weighted by Crippen LogP contribution is 2.17.